The highest BCUT2D eigenvalue weighted by Crippen LogP contribution is 2.66. The second kappa shape index (κ2) is 7.40. The van der Waals surface area contributed by atoms with Crippen LogP contribution in [0.1, 0.15) is 81.9 Å². The molecule has 0 bridgehead atoms. The zero-order valence-electron chi connectivity index (χ0n) is 18.4. The Morgan fingerprint density at radius 2 is 1.97 bits per heavy atom. The molecule has 3 heterocycles. The summed E-state index contributed by atoms with van der Waals surface area (Å²) >= 11 is 0. The first-order chi connectivity index (χ1) is 14.7. The average molecular weight is 449 g/mol. The number of aromatic amines is 1. The van der Waals surface area contributed by atoms with E-state index in [2.05, 4.69) is 4.98 Å². The molecule has 9 heteroatoms. The average Bonchev–Trinajstić information content (AvgIpc) is 3.49. The molecule has 1 aromatic rings. The van der Waals surface area contributed by atoms with Gasteiger partial charge in [-0.1, -0.05) is 6.42 Å². The number of fused-ring (bicyclic) bond motifs is 1. The van der Waals surface area contributed by atoms with Crippen LogP contribution in [0.2, 0.25) is 0 Å². The predicted molar refractivity (Wildman–Crippen MR) is 116 cm³/mol. The van der Waals surface area contributed by atoms with Crippen LogP contribution in [0, 0.1) is 11.3 Å². The number of hydrogen-bond acceptors (Lipinski definition) is 5. The van der Waals surface area contributed by atoms with Gasteiger partial charge in [0.05, 0.1) is 23.5 Å². The fourth-order valence-corrected chi connectivity index (χ4v) is 6.91. The molecule has 1 amide bonds. The number of carbonyl (C=O) groups excluding carboxylic acids is 1. The van der Waals surface area contributed by atoms with Gasteiger partial charge < -0.3 is 9.88 Å². The van der Waals surface area contributed by atoms with Crippen LogP contribution in [0.4, 0.5) is 0 Å². The lowest BCUT2D eigenvalue weighted by Crippen LogP contribution is -2.44. The maximum absolute atomic E-state index is 13.3. The van der Waals surface area contributed by atoms with Crippen LogP contribution in [0.3, 0.4) is 0 Å². The molecule has 2 unspecified atom stereocenters. The van der Waals surface area contributed by atoms with Gasteiger partial charge in [-0.05, 0) is 64.2 Å². The minimum atomic E-state index is -3.41. The van der Waals surface area contributed by atoms with Crippen LogP contribution < -0.4 is 5.56 Å². The lowest BCUT2D eigenvalue weighted by atomic mass is 9.79. The third-order valence-corrected chi connectivity index (χ3v) is 10.2. The van der Waals surface area contributed by atoms with Gasteiger partial charge in [-0.25, -0.2) is 13.4 Å². The van der Waals surface area contributed by atoms with E-state index in [1.165, 1.54) is 10.7 Å². The van der Waals surface area contributed by atoms with E-state index in [4.69, 9.17) is 4.98 Å². The normalized spacial score (nSPS) is 27.8. The second-order valence-corrected chi connectivity index (χ2v) is 12.6. The molecule has 5 rings (SSSR count). The fraction of sp³-hybridized carbons (Fsp3) is 0.773. The number of sulfonamides is 1. The zero-order valence-corrected chi connectivity index (χ0v) is 19.2. The number of piperidine rings is 1. The summed E-state index contributed by atoms with van der Waals surface area (Å²) in [5, 5.41) is -0.514. The molecular formula is C22H32N4O4S. The molecule has 4 aliphatic rings. The van der Waals surface area contributed by atoms with Crippen molar-refractivity contribution in [1.29, 1.82) is 0 Å². The van der Waals surface area contributed by atoms with E-state index in [-0.39, 0.29) is 35.4 Å². The number of rotatable bonds is 4. The SMILES string of the molecule is CC(C)S(=O)(=O)N1CCc2c(nc(C3CCCCN3C(=O)C3CC34CCC4)[nH]c2=O)C1. The monoisotopic (exact) mass is 448 g/mol. The summed E-state index contributed by atoms with van der Waals surface area (Å²) in [7, 11) is -3.41. The van der Waals surface area contributed by atoms with Crippen LogP contribution in [-0.4, -0.2) is 51.8 Å². The molecule has 2 atom stereocenters. The van der Waals surface area contributed by atoms with Crippen LogP contribution in [0.15, 0.2) is 4.79 Å². The number of nitrogens with one attached hydrogen (secondary N) is 1. The molecule has 0 radical (unpaired) electrons. The van der Waals surface area contributed by atoms with Gasteiger partial charge in [-0.15, -0.1) is 0 Å². The molecule has 0 aromatic carbocycles. The Morgan fingerprint density at radius 1 is 1.19 bits per heavy atom. The number of hydrogen-bond donors (Lipinski definition) is 1. The molecule has 31 heavy (non-hydrogen) atoms. The maximum Gasteiger partial charge on any atom is 0.254 e. The van der Waals surface area contributed by atoms with Crippen LogP contribution in [0.25, 0.3) is 0 Å². The fourth-order valence-electron chi connectivity index (χ4n) is 5.67. The van der Waals surface area contributed by atoms with Gasteiger partial charge in [-0.3, -0.25) is 9.59 Å². The number of carbonyl (C=O) groups is 1. The van der Waals surface area contributed by atoms with Crippen molar-refractivity contribution in [3.05, 3.63) is 27.4 Å². The van der Waals surface area contributed by atoms with E-state index in [0.29, 0.717) is 36.6 Å². The molecule has 1 aromatic heterocycles. The minimum absolute atomic E-state index is 0.124. The lowest BCUT2D eigenvalue weighted by Gasteiger charge is -2.37. The molecule has 2 aliphatic heterocycles. The van der Waals surface area contributed by atoms with Gasteiger partial charge in [0.15, 0.2) is 0 Å². The third-order valence-electron chi connectivity index (χ3n) is 7.95. The minimum Gasteiger partial charge on any atom is -0.332 e. The largest absolute Gasteiger partial charge is 0.332 e. The van der Waals surface area contributed by atoms with Crippen LogP contribution in [0.5, 0.6) is 0 Å². The molecule has 2 saturated carbocycles. The lowest BCUT2D eigenvalue weighted by molar-refractivity contribution is -0.138. The summed E-state index contributed by atoms with van der Waals surface area (Å²) in [6, 6.07) is -0.228. The Balaban J connectivity index is 1.43. The molecule has 1 saturated heterocycles. The summed E-state index contributed by atoms with van der Waals surface area (Å²) in [6.07, 6.45) is 7.65. The summed E-state index contributed by atoms with van der Waals surface area (Å²) in [4.78, 5) is 35.8. The van der Waals surface area contributed by atoms with Gasteiger partial charge in [0.1, 0.15) is 5.82 Å². The Kier molecular flexibility index (Phi) is 5.04. The van der Waals surface area contributed by atoms with Crippen molar-refractivity contribution in [2.75, 3.05) is 13.1 Å². The predicted octanol–water partition coefficient (Wildman–Crippen LogP) is 2.11. The van der Waals surface area contributed by atoms with Gasteiger partial charge in [0.25, 0.3) is 5.56 Å². The Morgan fingerprint density at radius 3 is 2.61 bits per heavy atom. The maximum atomic E-state index is 13.3. The van der Waals surface area contributed by atoms with Crippen molar-refractivity contribution >= 4 is 15.9 Å². The van der Waals surface area contributed by atoms with Crippen molar-refractivity contribution in [1.82, 2.24) is 19.2 Å². The van der Waals surface area contributed by atoms with Crippen molar-refractivity contribution in [2.45, 2.75) is 83.1 Å². The number of amides is 1. The van der Waals surface area contributed by atoms with Gasteiger partial charge in [0.2, 0.25) is 15.9 Å². The van der Waals surface area contributed by atoms with Gasteiger partial charge >= 0.3 is 0 Å². The van der Waals surface area contributed by atoms with E-state index < -0.39 is 15.3 Å². The van der Waals surface area contributed by atoms with E-state index in [1.807, 2.05) is 4.90 Å². The smallest absolute Gasteiger partial charge is 0.254 e. The number of nitrogens with zero attached hydrogens (tertiary/aromatic N) is 3. The molecule has 170 valence electrons. The first-order valence-corrected chi connectivity index (χ1v) is 13.1. The number of likely N-dealkylation sites (tertiary alicyclic amines) is 1. The summed E-state index contributed by atoms with van der Waals surface area (Å²) < 4.78 is 26.7. The standard InChI is InChI=1S/C22H32N4O4S/c1-14(2)31(29,30)25-11-7-15-17(13-25)23-19(24-20(15)27)18-6-3-4-10-26(18)21(28)16-12-22(16)8-5-9-22/h14,16,18H,3-13H2,1-2H3,(H,23,24,27). The highest BCUT2D eigenvalue weighted by molar-refractivity contribution is 7.89. The van der Waals surface area contributed by atoms with Crippen LogP contribution >= 0.6 is 0 Å². The van der Waals surface area contributed by atoms with Gasteiger partial charge in [-0.2, -0.15) is 4.31 Å². The Bertz CT molecular complexity index is 1060. The zero-order chi connectivity index (χ0) is 22.0. The van der Waals surface area contributed by atoms with E-state index in [0.717, 1.165) is 38.5 Å². The second-order valence-electron chi connectivity index (χ2n) is 10.1. The van der Waals surface area contributed by atoms with Crippen molar-refractivity contribution in [2.24, 2.45) is 11.3 Å². The Hall–Kier alpha value is -1.74. The first-order valence-electron chi connectivity index (χ1n) is 11.6. The summed E-state index contributed by atoms with van der Waals surface area (Å²) in [5.74, 6) is 0.871. The third kappa shape index (κ3) is 3.44. The highest BCUT2D eigenvalue weighted by atomic mass is 32.2. The van der Waals surface area contributed by atoms with Crippen molar-refractivity contribution in [3.8, 4) is 0 Å². The number of aromatic nitrogens is 2. The van der Waals surface area contributed by atoms with E-state index in [1.54, 1.807) is 13.8 Å². The first kappa shape index (κ1) is 21.1. The summed E-state index contributed by atoms with van der Waals surface area (Å²) in [5.41, 5.74) is 1.18. The highest BCUT2D eigenvalue weighted by Gasteiger charge is 2.62. The van der Waals surface area contributed by atoms with E-state index in [9.17, 15) is 18.0 Å². The molecule has 2 aliphatic carbocycles. The van der Waals surface area contributed by atoms with Crippen LogP contribution in [-0.2, 0) is 27.8 Å². The summed E-state index contributed by atoms with van der Waals surface area (Å²) in [6.45, 7) is 4.46. The molecule has 1 spiro atoms. The number of H-pyrrole nitrogens is 1. The van der Waals surface area contributed by atoms with Gasteiger partial charge in [0, 0.05) is 24.6 Å². The van der Waals surface area contributed by atoms with Crippen molar-refractivity contribution in [3.63, 3.8) is 0 Å². The molecule has 1 N–H and O–H groups in total. The molecule has 8 nitrogen and oxygen atoms in total. The quantitative estimate of drug-likeness (QED) is 0.760. The molecular weight excluding hydrogens is 416 g/mol. The Labute approximate surface area is 183 Å². The molecule has 3 fully saturated rings. The topological polar surface area (TPSA) is 103 Å². The van der Waals surface area contributed by atoms with Crippen molar-refractivity contribution < 1.29 is 13.2 Å². The van der Waals surface area contributed by atoms with E-state index >= 15 is 0 Å².